The molecular weight excluding hydrogens is 173 g/mol. The van der Waals surface area contributed by atoms with Crippen LogP contribution in [0.1, 0.15) is 10.4 Å². The number of nitrogens with one attached hydrogen (secondary N) is 1. The Morgan fingerprint density at radius 2 is 1.77 bits per heavy atom. The van der Waals surface area contributed by atoms with Gasteiger partial charge in [0.15, 0.2) is 0 Å². The Morgan fingerprint density at radius 3 is 2.23 bits per heavy atom. The number of likely N-dealkylation sites (N-methyl/N-ethyl adjacent to an activating group) is 1. The lowest BCUT2D eigenvalue weighted by Gasteiger charge is -1.98. The largest absolute Gasteiger partial charge is 0.352 e. The van der Waals surface area contributed by atoms with E-state index in [1.807, 2.05) is 0 Å². The lowest BCUT2D eigenvalue weighted by molar-refractivity contribution is -0.116. The van der Waals surface area contributed by atoms with Crippen molar-refractivity contribution in [1.82, 2.24) is 5.32 Å². The maximum atomic E-state index is 12.4. The average Bonchev–Trinajstić information content (AvgIpc) is 2.17. The molecule has 1 N–H and O–H groups in total. The van der Waals surface area contributed by atoms with E-state index in [2.05, 4.69) is 5.32 Å². The van der Waals surface area contributed by atoms with Crippen LogP contribution in [0.3, 0.4) is 0 Å². The number of rotatable bonds is 2. The second-order valence-electron chi connectivity index (χ2n) is 2.42. The lowest BCUT2D eigenvalue weighted by atomic mass is 10.1. The van der Waals surface area contributed by atoms with Crippen LogP contribution in [0, 0.1) is 5.82 Å². The number of Topliss-reactive ketones (excluding diaryl/α,β-unsaturated/α-hetero) is 1. The van der Waals surface area contributed by atoms with Gasteiger partial charge in [0.2, 0.25) is 5.78 Å². The first kappa shape index (κ1) is 9.38. The zero-order chi connectivity index (χ0) is 9.84. The Morgan fingerprint density at radius 1 is 1.23 bits per heavy atom. The van der Waals surface area contributed by atoms with Crippen LogP contribution in [0.4, 0.5) is 4.39 Å². The molecule has 0 bridgehead atoms. The molecule has 3 nitrogen and oxygen atoms in total. The summed E-state index contributed by atoms with van der Waals surface area (Å²) in [5.74, 6) is -1.80. The molecule has 0 aliphatic rings. The summed E-state index contributed by atoms with van der Waals surface area (Å²) in [4.78, 5) is 22.0. The molecule has 0 atom stereocenters. The van der Waals surface area contributed by atoms with Crippen molar-refractivity contribution in [2.75, 3.05) is 7.05 Å². The fraction of sp³-hybridized carbons (Fsp3) is 0.111. The van der Waals surface area contributed by atoms with Crippen LogP contribution < -0.4 is 5.32 Å². The molecule has 4 heteroatoms. The van der Waals surface area contributed by atoms with Crippen molar-refractivity contribution in [3.05, 3.63) is 35.6 Å². The summed E-state index contributed by atoms with van der Waals surface area (Å²) in [6.45, 7) is 0. The summed E-state index contributed by atoms with van der Waals surface area (Å²) in [6.07, 6.45) is 0. The van der Waals surface area contributed by atoms with Crippen LogP contribution >= 0.6 is 0 Å². The normalized spacial score (nSPS) is 9.38. The minimum absolute atomic E-state index is 0.181. The predicted molar refractivity (Wildman–Crippen MR) is 44.8 cm³/mol. The quantitative estimate of drug-likeness (QED) is 0.540. The van der Waals surface area contributed by atoms with Gasteiger partial charge in [-0.1, -0.05) is 0 Å². The van der Waals surface area contributed by atoms with E-state index in [0.717, 1.165) is 12.1 Å². The standard InChI is InChI=1S/C9H8FNO2/c1-11-9(13)8(12)6-2-4-7(10)5-3-6/h2-5H,1H3,(H,11,13). The highest BCUT2D eigenvalue weighted by atomic mass is 19.1. The number of hydrogen-bond acceptors (Lipinski definition) is 2. The number of amides is 1. The van der Waals surface area contributed by atoms with Crippen LogP contribution in [0.5, 0.6) is 0 Å². The van der Waals surface area contributed by atoms with E-state index in [4.69, 9.17) is 0 Å². The maximum absolute atomic E-state index is 12.4. The van der Waals surface area contributed by atoms with E-state index < -0.39 is 17.5 Å². The summed E-state index contributed by atoms with van der Waals surface area (Å²) in [6, 6.07) is 4.81. The Kier molecular flexibility index (Phi) is 2.74. The van der Waals surface area contributed by atoms with Crippen LogP contribution in [-0.4, -0.2) is 18.7 Å². The van der Waals surface area contributed by atoms with Gasteiger partial charge in [-0.05, 0) is 24.3 Å². The van der Waals surface area contributed by atoms with Gasteiger partial charge < -0.3 is 5.32 Å². The monoisotopic (exact) mass is 181 g/mol. The third-order valence-corrected chi connectivity index (χ3v) is 1.54. The Hall–Kier alpha value is -1.71. The highest BCUT2D eigenvalue weighted by Gasteiger charge is 2.13. The van der Waals surface area contributed by atoms with E-state index in [0.29, 0.717) is 0 Å². The van der Waals surface area contributed by atoms with Gasteiger partial charge >= 0.3 is 0 Å². The van der Waals surface area contributed by atoms with Crippen LogP contribution in [0.25, 0.3) is 0 Å². The molecule has 0 spiro atoms. The molecule has 1 amide bonds. The summed E-state index contributed by atoms with van der Waals surface area (Å²) in [5.41, 5.74) is 0.181. The molecule has 0 aliphatic heterocycles. The SMILES string of the molecule is CNC(=O)C(=O)c1ccc(F)cc1. The fourth-order valence-electron chi connectivity index (χ4n) is 0.846. The fourth-order valence-corrected chi connectivity index (χ4v) is 0.846. The molecule has 68 valence electrons. The molecule has 0 radical (unpaired) electrons. The number of benzene rings is 1. The molecule has 0 heterocycles. The smallest absolute Gasteiger partial charge is 0.292 e. The van der Waals surface area contributed by atoms with E-state index in [-0.39, 0.29) is 5.56 Å². The lowest BCUT2D eigenvalue weighted by Crippen LogP contribution is -2.27. The molecule has 13 heavy (non-hydrogen) atoms. The second-order valence-corrected chi connectivity index (χ2v) is 2.42. The first-order valence-corrected chi connectivity index (χ1v) is 3.67. The molecule has 0 fully saturated rings. The van der Waals surface area contributed by atoms with E-state index in [1.165, 1.54) is 19.2 Å². The first-order valence-electron chi connectivity index (χ1n) is 3.67. The van der Waals surface area contributed by atoms with Crippen molar-refractivity contribution in [3.8, 4) is 0 Å². The third kappa shape index (κ3) is 2.11. The van der Waals surface area contributed by atoms with Gasteiger partial charge in [-0.2, -0.15) is 0 Å². The van der Waals surface area contributed by atoms with Gasteiger partial charge in [0.05, 0.1) is 0 Å². The number of ketones is 1. The van der Waals surface area contributed by atoms with Crippen LogP contribution in [-0.2, 0) is 4.79 Å². The Bertz CT molecular complexity index is 332. The van der Waals surface area contributed by atoms with Crippen molar-refractivity contribution in [3.63, 3.8) is 0 Å². The molecule has 1 aromatic rings. The average molecular weight is 181 g/mol. The number of carbonyl (C=O) groups is 2. The number of hydrogen-bond donors (Lipinski definition) is 1. The van der Waals surface area contributed by atoms with Gasteiger partial charge in [0.1, 0.15) is 5.82 Å². The van der Waals surface area contributed by atoms with Crippen molar-refractivity contribution in [2.45, 2.75) is 0 Å². The van der Waals surface area contributed by atoms with E-state index >= 15 is 0 Å². The highest BCUT2D eigenvalue weighted by Crippen LogP contribution is 2.03. The van der Waals surface area contributed by atoms with Crippen molar-refractivity contribution in [1.29, 1.82) is 0 Å². The van der Waals surface area contributed by atoms with Gasteiger partial charge in [-0.15, -0.1) is 0 Å². The van der Waals surface area contributed by atoms with Crippen LogP contribution in [0.2, 0.25) is 0 Å². The Balaban J connectivity index is 2.90. The topological polar surface area (TPSA) is 46.2 Å². The molecule has 0 aromatic heterocycles. The third-order valence-electron chi connectivity index (χ3n) is 1.54. The summed E-state index contributed by atoms with van der Waals surface area (Å²) < 4.78 is 12.4. The Labute approximate surface area is 74.6 Å². The summed E-state index contributed by atoms with van der Waals surface area (Å²) >= 11 is 0. The molecular formula is C9H8FNO2. The second kappa shape index (κ2) is 3.80. The van der Waals surface area contributed by atoms with E-state index in [1.54, 1.807) is 0 Å². The summed E-state index contributed by atoms with van der Waals surface area (Å²) in [7, 11) is 1.36. The predicted octanol–water partition coefficient (Wildman–Crippen LogP) is 0.754. The summed E-state index contributed by atoms with van der Waals surface area (Å²) in [5, 5.41) is 2.20. The minimum Gasteiger partial charge on any atom is -0.352 e. The van der Waals surface area contributed by atoms with Gasteiger partial charge in [-0.25, -0.2) is 4.39 Å². The molecule has 1 aromatic carbocycles. The maximum Gasteiger partial charge on any atom is 0.292 e. The number of carbonyl (C=O) groups excluding carboxylic acids is 2. The van der Waals surface area contributed by atoms with E-state index in [9.17, 15) is 14.0 Å². The molecule has 0 unspecified atom stereocenters. The minimum atomic E-state index is -0.702. The van der Waals surface area contributed by atoms with Gasteiger partial charge in [0.25, 0.3) is 5.91 Å². The van der Waals surface area contributed by atoms with Gasteiger partial charge in [0, 0.05) is 12.6 Å². The molecule has 0 saturated heterocycles. The highest BCUT2D eigenvalue weighted by molar-refractivity contribution is 6.42. The zero-order valence-corrected chi connectivity index (χ0v) is 7.00. The van der Waals surface area contributed by atoms with Crippen molar-refractivity contribution >= 4 is 11.7 Å². The first-order chi connectivity index (χ1) is 6.15. The molecule has 0 saturated carbocycles. The number of halogens is 1. The zero-order valence-electron chi connectivity index (χ0n) is 7.00. The van der Waals surface area contributed by atoms with Crippen molar-refractivity contribution in [2.24, 2.45) is 0 Å². The van der Waals surface area contributed by atoms with Gasteiger partial charge in [-0.3, -0.25) is 9.59 Å². The van der Waals surface area contributed by atoms with Crippen molar-refractivity contribution < 1.29 is 14.0 Å². The molecule has 1 rings (SSSR count). The van der Waals surface area contributed by atoms with Crippen LogP contribution in [0.15, 0.2) is 24.3 Å². The molecule has 0 aliphatic carbocycles.